The fourth-order valence-electron chi connectivity index (χ4n) is 3.51. The number of rotatable bonds is 3. The lowest BCUT2D eigenvalue weighted by Gasteiger charge is -2.35. The van der Waals surface area contributed by atoms with Crippen molar-refractivity contribution in [2.45, 2.75) is 25.8 Å². The van der Waals surface area contributed by atoms with Crippen LogP contribution in [0, 0.1) is 0 Å². The number of piperidine rings is 1. The normalized spacial score (nSPS) is 22.3. The highest BCUT2D eigenvalue weighted by Crippen LogP contribution is 2.33. The Balaban J connectivity index is 1.41. The first-order chi connectivity index (χ1) is 12.7. The first-order valence-corrected chi connectivity index (χ1v) is 9.12. The van der Waals surface area contributed by atoms with Crippen LogP contribution in [0.1, 0.15) is 19.8 Å². The van der Waals surface area contributed by atoms with E-state index in [0.717, 1.165) is 36.6 Å². The number of benzene rings is 1. The van der Waals surface area contributed by atoms with Crippen LogP contribution in [-0.4, -0.2) is 56.4 Å². The number of amides is 1. The van der Waals surface area contributed by atoms with Gasteiger partial charge in [-0.2, -0.15) is 0 Å². The minimum absolute atomic E-state index is 0.0872. The molecular formula is C19H24N2O5. The van der Waals surface area contributed by atoms with E-state index < -0.39 is 0 Å². The van der Waals surface area contributed by atoms with Gasteiger partial charge in [0.05, 0.1) is 0 Å². The van der Waals surface area contributed by atoms with Crippen molar-refractivity contribution in [3.63, 3.8) is 0 Å². The number of likely N-dealkylation sites (tertiary alicyclic amines) is 1. The molecule has 1 fully saturated rings. The second kappa shape index (κ2) is 7.35. The molecule has 1 N–H and O–H groups in total. The van der Waals surface area contributed by atoms with Crippen LogP contribution in [-0.2, 0) is 14.3 Å². The molecule has 1 aromatic carbocycles. The maximum atomic E-state index is 12.8. The summed E-state index contributed by atoms with van der Waals surface area (Å²) < 4.78 is 22.2. The molecule has 3 aliphatic heterocycles. The highest BCUT2D eigenvalue weighted by atomic mass is 16.6. The van der Waals surface area contributed by atoms with Crippen LogP contribution in [0.15, 0.2) is 29.7 Å². The summed E-state index contributed by atoms with van der Waals surface area (Å²) in [7, 11) is 0. The SMILES string of the molecule is CC1=C(C(=O)N2CCC[C@@H](Nc3ccc4c(c3)OCCO4)C2)OCCO1. The van der Waals surface area contributed by atoms with Crippen molar-refractivity contribution in [3.05, 3.63) is 29.7 Å². The minimum atomic E-state index is -0.0872. The molecule has 0 aromatic heterocycles. The third-order valence-electron chi connectivity index (χ3n) is 4.78. The Hall–Kier alpha value is -2.57. The molecule has 1 saturated heterocycles. The average molecular weight is 360 g/mol. The molecule has 0 saturated carbocycles. The number of fused-ring (bicyclic) bond motifs is 1. The third kappa shape index (κ3) is 3.52. The predicted molar refractivity (Wildman–Crippen MR) is 95.3 cm³/mol. The van der Waals surface area contributed by atoms with Crippen molar-refractivity contribution in [1.29, 1.82) is 0 Å². The van der Waals surface area contributed by atoms with Crippen LogP contribution >= 0.6 is 0 Å². The maximum Gasteiger partial charge on any atom is 0.292 e. The smallest absolute Gasteiger partial charge is 0.292 e. The highest BCUT2D eigenvalue weighted by molar-refractivity contribution is 5.92. The Morgan fingerprint density at radius 1 is 1.08 bits per heavy atom. The van der Waals surface area contributed by atoms with Crippen LogP contribution in [0.3, 0.4) is 0 Å². The Morgan fingerprint density at radius 3 is 2.69 bits per heavy atom. The number of carbonyl (C=O) groups is 1. The summed E-state index contributed by atoms with van der Waals surface area (Å²) in [4.78, 5) is 14.6. The van der Waals surface area contributed by atoms with Crippen molar-refractivity contribution in [1.82, 2.24) is 4.90 Å². The number of anilines is 1. The lowest BCUT2D eigenvalue weighted by molar-refractivity contribution is -0.133. The molecular weight excluding hydrogens is 336 g/mol. The van der Waals surface area contributed by atoms with E-state index in [2.05, 4.69) is 5.32 Å². The summed E-state index contributed by atoms with van der Waals surface area (Å²) in [5.74, 6) is 2.37. The van der Waals surface area contributed by atoms with E-state index in [-0.39, 0.29) is 11.9 Å². The molecule has 0 unspecified atom stereocenters. The van der Waals surface area contributed by atoms with Crippen LogP contribution in [0.5, 0.6) is 11.5 Å². The van der Waals surface area contributed by atoms with Crippen LogP contribution in [0.4, 0.5) is 5.69 Å². The first kappa shape index (κ1) is 16.9. The van der Waals surface area contributed by atoms with Gasteiger partial charge in [0.2, 0.25) is 5.76 Å². The fraction of sp³-hybridized carbons (Fsp3) is 0.526. The molecule has 0 aliphatic carbocycles. The number of carbonyl (C=O) groups excluding carboxylic acids is 1. The number of nitrogens with one attached hydrogen (secondary N) is 1. The van der Waals surface area contributed by atoms with E-state index in [0.29, 0.717) is 44.5 Å². The van der Waals surface area contributed by atoms with Crippen molar-refractivity contribution in [2.24, 2.45) is 0 Å². The minimum Gasteiger partial charge on any atom is -0.491 e. The molecule has 4 rings (SSSR count). The number of hydrogen-bond donors (Lipinski definition) is 1. The molecule has 26 heavy (non-hydrogen) atoms. The highest BCUT2D eigenvalue weighted by Gasteiger charge is 2.29. The Morgan fingerprint density at radius 2 is 1.85 bits per heavy atom. The zero-order chi connectivity index (χ0) is 17.9. The molecule has 3 aliphatic rings. The van der Waals surface area contributed by atoms with Gasteiger partial charge in [-0.3, -0.25) is 4.79 Å². The van der Waals surface area contributed by atoms with Gasteiger partial charge in [-0.25, -0.2) is 0 Å². The fourth-order valence-corrected chi connectivity index (χ4v) is 3.51. The Kier molecular flexibility index (Phi) is 4.77. The van der Waals surface area contributed by atoms with Gasteiger partial charge in [-0.1, -0.05) is 0 Å². The predicted octanol–water partition coefficient (Wildman–Crippen LogP) is 2.14. The van der Waals surface area contributed by atoms with E-state index >= 15 is 0 Å². The molecule has 1 aromatic rings. The maximum absolute atomic E-state index is 12.8. The molecule has 0 bridgehead atoms. The standard InChI is InChI=1S/C19H24N2O5/c1-13-18(26-10-7-23-13)19(22)21-6-2-3-15(12-21)20-14-4-5-16-17(11-14)25-9-8-24-16/h4-5,11,15,20H,2-3,6-10,12H2,1H3/t15-/m1/s1. The Labute approximate surface area is 152 Å². The van der Waals surface area contributed by atoms with Gasteiger partial charge in [-0.05, 0) is 31.9 Å². The number of nitrogens with zero attached hydrogens (tertiary/aromatic N) is 1. The molecule has 1 atom stereocenters. The lowest BCUT2D eigenvalue weighted by Crippen LogP contribution is -2.46. The van der Waals surface area contributed by atoms with Crippen molar-refractivity contribution in [3.8, 4) is 11.5 Å². The van der Waals surface area contributed by atoms with Gasteiger partial charge in [0, 0.05) is 30.9 Å². The zero-order valence-electron chi connectivity index (χ0n) is 15.0. The van der Waals surface area contributed by atoms with Crippen molar-refractivity contribution >= 4 is 11.6 Å². The second-order valence-corrected chi connectivity index (χ2v) is 6.68. The van der Waals surface area contributed by atoms with E-state index in [1.807, 2.05) is 23.1 Å². The topological polar surface area (TPSA) is 69.3 Å². The number of allylic oxidation sites excluding steroid dienone is 1. The van der Waals surface area contributed by atoms with Crippen molar-refractivity contribution < 1.29 is 23.7 Å². The van der Waals surface area contributed by atoms with Crippen LogP contribution in [0.2, 0.25) is 0 Å². The summed E-state index contributed by atoms with van der Waals surface area (Å²) in [5, 5.41) is 3.51. The molecule has 0 spiro atoms. The lowest BCUT2D eigenvalue weighted by atomic mass is 10.0. The number of hydrogen-bond acceptors (Lipinski definition) is 6. The van der Waals surface area contributed by atoms with Gasteiger partial charge < -0.3 is 29.2 Å². The molecule has 140 valence electrons. The second-order valence-electron chi connectivity index (χ2n) is 6.68. The summed E-state index contributed by atoms with van der Waals surface area (Å²) in [6, 6.07) is 6.05. The van der Waals surface area contributed by atoms with Gasteiger partial charge in [0.1, 0.15) is 32.2 Å². The van der Waals surface area contributed by atoms with E-state index in [1.165, 1.54) is 0 Å². The zero-order valence-corrected chi connectivity index (χ0v) is 15.0. The van der Waals surface area contributed by atoms with Crippen LogP contribution in [0.25, 0.3) is 0 Å². The summed E-state index contributed by atoms with van der Waals surface area (Å²) in [6.45, 7) is 5.22. The van der Waals surface area contributed by atoms with Gasteiger partial charge in [0.15, 0.2) is 11.5 Å². The first-order valence-electron chi connectivity index (χ1n) is 9.12. The molecule has 3 heterocycles. The molecule has 7 nitrogen and oxygen atoms in total. The van der Waals surface area contributed by atoms with E-state index in [4.69, 9.17) is 18.9 Å². The average Bonchev–Trinajstić information content (AvgIpc) is 2.68. The Bertz CT molecular complexity index is 718. The summed E-state index contributed by atoms with van der Waals surface area (Å²) in [5.41, 5.74) is 0.973. The van der Waals surface area contributed by atoms with Crippen molar-refractivity contribution in [2.75, 3.05) is 44.8 Å². The van der Waals surface area contributed by atoms with Gasteiger partial charge >= 0.3 is 0 Å². The molecule has 1 amide bonds. The van der Waals surface area contributed by atoms with Gasteiger partial charge in [0.25, 0.3) is 5.91 Å². The largest absolute Gasteiger partial charge is 0.491 e. The molecule has 7 heteroatoms. The summed E-state index contributed by atoms with van der Waals surface area (Å²) >= 11 is 0. The summed E-state index contributed by atoms with van der Waals surface area (Å²) in [6.07, 6.45) is 1.95. The number of ether oxygens (including phenoxy) is 4. The molecule has 0 radical (unpaired) electrons. The quantitative estimate of drug-likeness (QED) is 0.891. The van der Waals surface area contributed by atoms with E-state index in [1.54, 1.807) is 6.92 Å². The van der Waals surface area contributed by atoms with E-state index in [9.17, 15) is 4.79 Å². The third-order valence-corrected chi connectivity index (χ3v) is 4.78. The monoisotopic (exact) mass is 360 g/mol. The van der Waals surface area contributed by atoms with Crippen LogP contribution < -0.4 is 14.8 Å². The van der Waals surface area contributed by atoms with Gasteiger partial charge in [-0.15, -0.1) is 0 Å².